The smallest absolute Gasteiger partial charge is 0.231 e. The van der Waals surface area contributed by atoms with Gasteiger partial charge in [0.05, 0.1) is 12.0 Å². The third-order valence-corrected chi connectivity index (χ3v) is 5.47. The highest BCUT2D eigenvalue weighted by atomic mass is 35.5. The Hall–Kier alpha value is -0.320. The molecule has 0 aromatic heterocycles. The fourth-order valence-corrected chi connectivity index (χ4v) is 4.12. The summed E-state index contributed by atoms with van der Waals surface area (Å²) in [5, 5.41) is 15.5. The van der Waals surface area contributed by atoms with E-state index in [1.54, 1.807) is 0 Å². The van der Waals surface area contributed by atoms with Crippen molar-refractivity contribution in [2.45, 2.75) is 32.1 Å². The van der Waals surface area contributed by atoms with Crippen molar-refractivity contribution in [1.82, 2.24) is 10.6 Å². The molecule has 0 aromatic rings. The van der Waals surface area contributed by atoms with Crippen LogP contribution in [-0.4, -0.2) is 37.3 Å². The molecule has 2 saturated carbocycles. The van der Waals surface area contributed by atoms with Crippen LogP contribution in [0.1, 0.15) is 32.1 Å². The maximum atomic E-state index is 12.1. The lowest BCUT2D eigenvalue weighted by Crippen LogP contribution is -2.63. The van der Waals surface area contributed by atoms with Gasteiger partial charge in [0, 0.05) is 19.6 Å². The molecule has 1 heterocycles. The number of nitrogens with one attached hydrogen (secondary N) is 2. The third kappa shape index (κ3) is 2.63. The predicted octanol–water partition coefficient (Wildman–Crippen LogP) is 0.933. The van der Waals surface area contributed by atoms with E-state index in [-0.39, 0.29) is 24.9 Å². The summed E-state index contributed by atoms with van der Waals surface area (Å²) in [4.78, 5) is 12.1. The van der Waals surface area contributed by atoms with Gasteiger partial charge in [0.2, 0.25) is 5.91 Å². The molecule has 3 aliphatic rings. The van der Waals surface area contributed by atoms with Crippen LogP contribution < -0.4 is 10.6 Å². The Morgan fingerprint density at radius 1 is 1.26 bits per heavy atom. The summed E-state index contributed by atoms with van der Waals surface area (Å²) >= 11 is 0. The van der Waals surface area contributed by atoms with Crippen LogP contribution >= 0.6 is 12.4 Å². The first-order chi connectivity index (χ1) is 8.75. The fourth-order valence-electron chi connectivity index (χ4n) is 4.12. The Bertz CT molecular complexity index is 328. The van der Waals surface area contributed by atoms with Crippen LogP contribution in [0.25, 0.3) is 0 Å². The monoisotopic (exact) mass is 288 g/mol. The Labute approximate surface area is 121 Å². The number of amides is 1. The van der Waals surface area contributed by atoms with Crippen molar-refractivity contribution in [2.24, 2.45) is 23.2 Å². The van der Waals surface area contributed by atoms with Gasteiger partial charge in [-0.1, -0.05) is 12.8 Å². The molecule has 0 spiro atoms. The molecule has 110 valence electrons. The van der Waals surface area contributed by atoms with Gasteiger partial charge >= 0.3 is 0 Å². The van der Waals surface area contributed by atoms with Gasteiger partial charge in [-0.3, -0.25) is 4.79 Å². The van der Waals surface area contributed by atoms with Crippen molar-refractivity contribution in [3.05, 3.63) is 0 Å². The maximum Gasteiger partial charge on any atom is 0.231 e. The molecule has 4 nitrogen and oxygen atoms in total. The Kier molecular flexibility index (Phi) is 4.75. The van der Waals surface area contributed by atoms with Crippen LogP contribution in [0.4, 0.5) is 0 Å². The summed E-state index contributed by atoms with van der Waals surface area (Å²) in [6, 6.07) is 0. The van der Waals surface area contributed by atoms with Gasteiger partial charge in [0.1, 0.15) is 0 Å². The van der Waals surface area contributed by atoms with E-state index < -0.39 is 5.41 Å². The molecule has 1 amide bonds. The normalized spacial score (nSPS) is 35.1. The highest BCUT2D eigenvalue weighted by Gasteiger charge is 2.44. The second-order valence-electron chi connectivity index (χ2n) is 6.44. The van der Waals surface area contributed by atoms with Crippen LogP contribution in [0.3, 0.4) is 0 Å². The summed E-state index contributed by atoms with van der Waals surface area (Å²) in [5.74, 6) is 2.52. The third-order valence-electron chi connectivity index (χ3n) is 5.47. The number of hydrogen-bond donors (Lipinski definition) is 3. The molecule has 3 rings (SSSR count). The van der Waals surface area contributed by atoms with E-state index in [1.165, 1.54) is 32.1 Å². The molecule has 0 radical (unpaired) electrons. The summed E-state index contributed by atoms with van der Waals surface area (Å²) in [5.41, 5.74) is -0.534. The largest absolute Gasteiger partial charge is 0.395 e. The van der Waals surface area contributed by atoms with Crippen molar-refractivity contribution in [1.29, 1.82) is 0 Å². The zero-order chi connectivity index (χ0) is 12.6. The van der Waals surface area contributed by atoms with E-state index in [1.807, 2.05) is 0 Å². The molecule has 3 fully saturated rings. The maximum absolute atomic E-state index is 12.1. The number of fused-ring (bicyclic) bond motifs is 1. The molecule has 1 saturated heterocycles. The van der Waals surface area contributed by atoms with Gasteiger partial charge < -0.3 is 15.7 Å². The van der Waals surface area contributed by atoms with E-state index >= 15 is 0 Å². The van der Waals surface area contributed by atoms with Crippen LogP contribution in [-0.2, 0) is 4.79 Å². The standard InChI is InChI=1S/C14H24N2O2.ClH/c17-9-14(7-15-8-14)13(18)16-6-11-5-4-10-2-1-3-12(10)11;/h10-12,15,17H,1-9H2,(H,16,18);1H/t10-,11+,12-;/m0./s1. The number of hydrogen-bond acceptors (Lipinski definition) is 3. The van der Waals surface area contributed by atoms with Crippen molar-refractivity contribution >= 4 is 18.3 Å². The number of halogens is 1. The minimum absolute atomic E-state index is 0. The Balaban J connectivity index is 0.00000133. The average Bonchev–Trinajstić information content (AvgIpc) is 2.88. The quantitative estimate of drug-likeness (QED) is 0.721. The fraction of sp³-hybridized carbons (Fsp3) is 0.929. The first-order valence-electron chi connectivity index (χ1n) is 7.35. The van der Waals surface area contributed by atoms with Gasteiger partial charge in [0.25, 0.3) is 0 Å². The molecule has 0 bridgehead atoms. The molecular formula is C14H25ClN2O2. The molecule has 19 heavy (non-hydrogen) atoms. The van der Waals surface area contributed by atoms with Crippen molar-refractivity contribution in [3.8, 4) is 0 Å². The first kappa shape index (κ1) is 15.1. The van der Waals surface area contributed by atoms with E-state index in [4.69, 9.17) is 0 Å². The minimum atomic E-state index is -0.534. The lowest BCUT2D eigenvalue weighted by atomic mass is 9.81. The number of aliphatic hydroxyl groups is 1. The van der Waals surface area contributed by atoms with Crippen molar-refractivity contribution < 1.29 is 9.90 Å². The summed E-state index contributed by atoms with van der Waals surface area (Å²) in [6.07, 6.45) is 6.78. The average molecular weight is 289 g/mol. The minimum Gasteiger partial charge on any atom is -0.395 e. The second kappa shape index (κ2) is 5.98. The predicted molar refractivity (Wildman–Crippen MR) is 76.2 cm³/mol. The van der Waals surface area contributed by atoms with Gasteiger partial charge in [-0.25, -0.2) is 0 Å². The zero-order valence-corrected chi connectivity index (χ0v) is 12.2. The van der Waals surface area contributed by atoms with Crippen molar-refractivity contribution in [3.63, 3.8) is 0 Å². The highest BCUT2D eigenvalue weighted by molar-refractivity contribution is 5.85. The topological polar surface area (TPSA) is 61.4 Å². The molecule has 5 heteroatoms. The Morgan fingerprint density at radius 3 is 2.68 bits per heavy atom. The molecule has 3 N–H and O–H groups in total. The summed E-state index contributed by atoms with van der Waals surface area (Å²) in [7, 11) is 0. The lowest BCUT2D eigenvalue weighted by Gasteiger charge is -2.39. The number of aliphatic hydroxyl groups excluding tert-OH is 1. The van der Waals surface area contributed by atoms with E-state index in [2.05, 4.69) is 10.6 Å². The molecule has 3 atom stereocenters. The summed E-state index contributed by atoms with van der Waals surface area (Å²) in [6.45, 7) is 2.02. The number of carbonyl (C=O) groups excluding carboxylic acids is 1. The highest BCUT2D eigenvalue weighted by Crippen LogP contribution is 2.47. The van der Waals surface area contributed by atoms with E-state index in [9.17, 15) is 9.90 Å². The molecule has 0 unspecified atom stereocenters. The van der Waals surface area contributed by atoms with E-state index in [0.717, 1.165) is 18.4 Å². The first-order valence-corrected chi connectivity index (χ1v) is 7.35. The van der Waals surface area contributed by atoms with Crippen molar-refractivity contribution in [2.75, 3.05) is 26.2 Å². The molecule has 0 aromatic carbocycles. The van der Waals surface area contributed by atoms with E-state index in [0.29, 0.717) is 19.0 Å². The second-order valence-corrected chi connectivity index (χ2v) is 6.44. The SMILES string of the molecule is Cl.O=C(NC[C@H]1CC[C@@H]2CCC[C@@H]21)C1(CO)CNC1. The van der Waals surface area contributed by atoms with Gasteiger partial charge in [-0.05, 0) is 37.0 Å². The molecular weight excluding hydrogens is 264 g/mol. The Morgan fingerprint density at radius 2 is 2.05 bits per heavy atom. The molecule has 2 aliphatic carbocycles. The zero-order valence-electron chi connectivity index (χ0n) is 11.4. The van der Waals surface area contributed by atoms with Crippen LogP contribution in [0.2, 0.25) is 0 Å². The number of rotatable bonds is 4. The lowest BCUT2D eigenvalue weighted by molar-refractivity contribution is -0.137. The van der Waals surface area contributed by atoms with Crippen LogP contribution in [0.15, 0.2) is 0 Å². The molecule has 1 aliphatic heterocycles. The van der Waals surface area contributed by atoms with Gasteiger partial charge in [-0.2, -0.15) is 0 Å². The van der Waals surface area contributed by atoms with Crippen LogP contribution in [0.5, 0.6) is 0 Å². The summed E-state index contributed by atoms with van der Waals surface area (Å²) < 4.78 is 0. The number of carbonyl (C=O) groups is 1. The van der Waals surface area contributed by atoms with Gasteiger partial charge in [-0.15, -0.1) is 12.4 Å². The van der Waals surface area contributed by atoms with Crippen LogP contribution in [0, 0.1) is 23.2 Å². The van der Waals surface area contributed by atoms with Gasteiger partial charge in [0.15, 0.2) is 0 Å².